The summed E-state index contributed by atoms with van der Waals surface area (Å²) < 4.78 is 10.7. The summed E-state index contributed by atoms with van der Waals surface area (Å²) in [4.78, 5) is 40.9. The first-order chi connectivity index (χ1) is 19.4. The lowest BCUT2D eigenvalue weighted by Crippen LogP contribution is -2.40. The Morgan fingerprint density at radius 2 is 1.88 bits per heavy atom. The van der Waals surface area contributed by atoms with E-state index in [0.29, 0.717) is 38.9 Å². The highest BCUT2D eigenvalue weighted by atomic mass is 16.5. The summed E-state index contributed by atoms with van der Waals surface area (Å²) in [6.45, 7) is 5.78. The fourth-order valence-corrected chi connectivity index (χ4v) is 5.36. The molecular formula is C33H40N2O5. The first kappa shape index (κ1) is 29.1. The number of fused-ring (bicyclic) bond motifs is 1. The molecule has 0 saturated carbocycles. The molecule has 0 aliphatic carbocycles. The molecule has 4 rings (SSSR count). The van der Waals surface area contributed by atoms with Gasteiger partial charge in [-0.2, -0.15) is 0 Å². The van der Waals surface area contributed by atoms with Crippen LogP contribution in [-0.4, -0.2) is 42.7 Å². The van der Waals surface area contributed by atoms with Crippen LogP contribution in [0.2, 0.25) is 0 Å². The van der Waals surface area contributed by atoms with Gasteiger partial charge in [0, 0.05) is 38.4 Å². The van der Waals surface area contributed by atoms with Crippen molar-refractivity contribution in [1.29, 1.82) is 0 Å². The number of unbranched alkanes of at least 4 members (excludes halogenated alkanes) is 1. The molecule has 2 heterocycles. The smallest absolute Gasteiger partial charge is 0.286 e. The minimum absolute atomic E-state index is 0.0288. The molecule has 2 aromatic carbocycles. The van der Waals surface area contributed by atoms with E-state index in [4.69, 9.17) is 9.15 Å². The number of carbonyl (C=O) groups is 3. The summed E-state index contributed by atoms with van der Waals surface area (Å²) in [7, 11) is 1.68. The van der Waals surface area contributed by atoms with Crippen molar-refractivity contribution in [1.82, 2.24) is 10.2 Å². The van der Waals surface area contributed by atoms with Crippen LogP contribution < -0.4 is 10.1 Å². The Morgan fingerprint density at radius 1 is 1.07 bits per heavy atom. The van der Waals surface area contributed by atoms with Gasteiger partial charge in [-0.05, 0) is 73.1 Å². The fraction of sp³-hybridized carbons (Fsp3) is 0.424. The number of aryl methyl sites for hydroxylation is 2. The highest BCUT2D eigenvalue weighted by molar-refractivity contribution is 5.91. The highest BCUT2D eigenvalue weighted by Gasteiger charge is 2.29. The summed E-state index contributed by atoms with van der Waals surface area (Å²) in [5, 5.41) is 2.85. The van der Waals surface area contributed by atoms with Crippen LogP contribution in [0.4, 0.5) is 0 Å². The van der Waals surface area contributed by atoms with Crippen molar-refractivity contribution in [3.63, 3.8) is 0 Å². The minimum Gasteiger partial charge on any atom is -0.496 e. The van der Waals surface area contributed by atoms with Crippen LogP contribution in [0.1, 0.15) is 71.0 Å². The van der Waals surface area contributed by atoms with Crippen LogP contribution in [0.5, 0.6) is 5.75 Å². The van der Waals surface area contributed by atoms with Crippen LogP contribution in [0.15, 0.2) is 59.2 Å². The largest absolute Gasteiger partial charge is 0.496 e. The van der Waals surface area contributed by atoms with Gasteiger partial charge in [-0.15, -0.1) is 0 Å². The van der Waals surface area contributed by atoms with E-state index in [1.807, 2.05) is 36.1 Å². The molecule has 2 amide bonds. The van der Waals surface area contributed by atoms with Crippen LogP contribution >= 0.6 is 0 Å². The number of ketones is 1. The van der Waals surface area contributed by atoms with E-state index in [2.05, 4.69) is 24.4 Å². The van der Waals surface area contributed by atoms with Crippen molar-refractivity contribution < 1.29 is 23.5 Å². The second-order valence-electron chi connectivity index (χ2n) is 10.6. The van der Waals surface area contributed by atoms with Gasteiger partial charge in [-0.3, -0.25) is 14.4 Å². The predicted octanol–water partition coefficient (Wildman–Crippen LogP) is 5.46. The van der Waals surface area contributed by atoms with Crippen molar-refractivity contribution in [3.05, 3.63) is 88.4 Å². The number of benzene rings is 2. The van der Waals surface area contributed by atoms with E-state index in [1.165, 1.54) is 17.4 Å². The number of nitrogens with one attached hydrogen (secondary N) is 1. The van der Waals surface area contributed by atoms with Gasteiger partial charge in [0.1, 0.15) is 11.5 Å². The van der Waals surface area contributed by atoms with Gasteiger partial charge in [-0.1, -0.05) is 49.2 Å². The zero-order valence-electron chi connectivity index (χ0n) is 23.8. The molecule has 1 aliphatic heterocycles. The predicted molar refractivity (Wildman–Crippen MR) is 154 cm³/mol. The number of ether oxygens (including phenoxy) is 1. The van der Waals surface area contributed by atoms with Crippen molar-refractivity contribution in [3.8, 4) is 5.75 Å². The molecule has 7 nitrogen and oxygen atoms in total. The Balaban J connectivity index is 1.39. The molecule has 1 N–H and O–H groups in total. The average Bonchev–Trinajstić information content (AvgIpc) is 3.51. The third-order valence-electron chi connectivity index (χ3n) is 7.66. The summed E-state index contributed by atoms with van der Waals surface area (Å²) >= 11 is 0. The molecule has 3 aromatic rings. The number of carbonyl (C=O) groups excluding carboxylic acids is 3. The highest BCUT2D eigenvalue weighted by Crippen LogP contribution is 2.30. The third kappa shape index (κ3) is 7.62. The lowest BCUT2D eigenvalue weighted by Gasteiger charge is -2.32. The van der Waals surface area contributed by atoms with Gasteiger partial charge in [0.25, 0.3) is 5.91 Å². The molecule has 0 radical (unpaired) electrons. The van der Waals surface area contributed by atoms with Gasteiger partial charge in [0.05, 0.1) is 13.4 Å². The molecule has 1 aliphatic rings. The number of Topliss-reactive ketones (excluding diaryl/α,β-unsaturated/α-hetero) is 1. The molecule has 1 atom stereocenters. The van der Waals surface area contributed by atoms with E-state index >= 15 is 0 Å². The number of hydrogen-bond acceptors (Lipinski definition) is 5. The molecule has 0 fully saturated rings. The zero-order chi connectivity index (χ0) is 28.5. The molecule has 0 saturated heterocycles. The first-order valence-corrected chi connectivity index (χ1v) is 14.2. The Labute approximate surface area is 236 Å². The van der Waals surface area contributed by atoms with Crippen LogP contribution in [0, 0.1) is 12.8 Å². The Bertz CT molecular complexity index is 1300. The fourth-order valence-electron chi connectivity index (χ4n) is 5.36. The number of methoxy groups -OCH3 is 1. The van der Waals surface area contributed by atoms with E-state index in [9.17, 15) is 14.4 Å². The quantitative estimate of drug-likeness (QED) is 0.289. The zero-order valence-corrected chi connectivity index (χ0v) is 23.8. The summed E-state index contributed by atoms with van der Waals surface area (Å²) in [6.07, 6.45) is 5.73. The van der Waals surface area contributed by atoms with Crippen molar-refractivity contribution in [2.75, 3.05) is 20.2 Å². The van der Waals surface area contributed by atoms with E-state index < -0.39 is 5.92 Å². The molecule has 40 heavy (non-hydrogen) atoms. The molecule has 1 aromatic heterocycles. The number of amides is 2. The van der Waals surface area contributed by atoms with Gasteiger partial charge in [0.15, 0.2) is 5.76 Å². The van der Waals surface area contributed by atoms with Gasteiger partial charge in [0.2, 0.25) is 5.91 Å². The van der Waals surface area contributed by atoms with E-state index in [-0.39, 0.29) is 29.8 Å². The second kappa shape index (κ2) is 14.0. The molecule has 1 unspecified atom stereocenters. The molecular weight excluding hydrogens is 504 g/mol. The topological polar surface area (TPSA) is 88.8 Å². The van der Waals surface area contributed by atoms with Crippen LogP contribution in [-0.2, 0) is 35.4 Å². The third-order valence-corrected chi connectivity index (χ3v) is 7.66. The maximum Gasteiger partial charge on any atom is 0.286 e. The van der Waals surface area contributed by atoms with Gasteiger partial charge >= 0.3 is 0 Å². The molecule has 212 valence electrons. The Kier molecular flexibility index (Phi) is 10.2. The van der Waals surface area contributed by atoms with Crippen molar-refractivity contribution in [2.45, 2.75) is 65.3 Å². The average molecular weight is 545 g/mol. The van der Waals surface area contributed by atoms with Gasteiger partial charge in [-0.25, -0.2) is 0 Å². The molecule has 0 spiro atoms. The van der Waals surface area contributed by atoms with Crippen LogP contribution in [0.25, 0.3) is 0 Å². The summed E-state index contributed by atoms with van der Waals surface area (Å²) in [5.74, 6) is 0.595. The lowest BCUT2D eigenvalue weighted by atomic mass is 9.90. The van der Waals surface area contributed by atoms with Crippen LogP contribution in [0.3, 0.4) is 0 Å². The Morgan fingerprint density at radius 3 is 2.58 bits per heavy atom. The lowest BCUT2D eigenvalue weighted by molar-refractivity contribution is -0.139. The monoisotopic (exact) mass is 544 g/mol. The number of nitrogens with zero attached hydrogens (tertiary/aromatic N) is 1. The molecule has 0 bridgehead atoms. The Hall–Kier alpha value is -3.87. The number of hydrogen-bond donors (Lipinski definition) is 1. The number of furan rings is 1. The van der Waals surface area contributed by atoms with Crippen molar-refractivity contribution in [2.24, 2.45) is 5.92 Å². The first-order valence-electron chi connectivity index (χ1n) is 14.2. The summed E-state index contributed by atoms with van der Waals surface area (Å²) in [6, 6.07) is 15.5. The van der Waals surface area contributed by atoms with E-state index in [0.717, 1.165) is 41.7 Å². The van der Waals surface area contributed by atoms with Crippen molar-refractivity contribution >= 4 is 17.6 Å². The minimum atomic E-state index is -0.392. The molecule has 7 heteroatoms. The summed E-state index contributed by atoms with van der Waals surface area (Å²) in [5.41, 5.74) is 5.67. The standard InChI is InChI=1S/C33H40N2O5/c1-4-25-19-26-14-16-35(22-28(26)21-31(25)39-3)33(38)27(20-29(36)18-24-12-10-23(2)11-13-24)8-5-6-15-34-32(37)30-9-7-17-40-30/h7,9-13,17,19,21,27H,4-6,8,14-16,18,20,22H2,1-3H3,(H,34,37). The van der Waals surface area contributed by atoms with Gasteiger partial charge < -0.3 is 19.4 Å². The maximum atomic E-state index is 13.8. The van der Waals surface area contributed by atoms with E-state index in [1.54, 1.807) is 19.2 Å². The normalized spacial score (nSPS) is 13.4. The SMILES string of the molecule is CCc1cc2c(cc1OC)CN(C(=O)C(CCCCNC(=O)c1ccco1)CC(=O)Cc1ccc(C)cc1)CC2. The second-order valence-corrected chi connectivity index (χ2v) is 10.6. The number of rotatable bonds is 13. The maximum absolute atomic E-state index is 13.8.